The van der Waals surface area contributed by atoms with Gasteiger partial charge in [0.25, 0.3) is 0 Å². The average molecular weight is 481 g/mol. The minimum absolute atomic E-state index is 0.00848. The molecule has 0 saturated carbocycles. The summed E-state index contributed by atoms with van der Waals surface area (Å²) in [5.41, 5.74) is 3.03. The molecule has 0 spiro atoms. The van der Waals surface area contributed by atoms with E-state index in [9.17, 15) is 14.7 Å². The molecule has 1 fully saturated rings. The molecular weight excluding hydrogens is 444 g/mol. The van der Waals surface area contributed by atoms with Crippen molar-refractivity contribution in [2.75, 3.05) is 26.2 Å². The van der Waals surface area contributed by atoms with Crippen LogP contribution in [0.5, 0.6) is 0 Å². The number of nitrogens with one attached hydrogen (secondary N) is 1. The van der Waals surface area contributed by atoms with E-state index in [4.69, 9.17) is 9.47 Å². The van der Waals surface area contributed by atoms with Gasteiger partial charge in [0.1, 0.15) is 12.2 Å². The van der Waals surface area contributed by atoms with Crippen LogP contribution < -0.4 is 5.32 Å². The molecule has 1 atom stereocenters. The van der Waals surface area contributed by atoms with E-state index in [1.54, 1.807) is 11.8 Å². The van der Waals surface area contributed by atoms with E-state index in [1.165, 1.54) is 11.1 Å². The first-order valence-corrected chi connectivity index (χ1v) is 12.3. The van der Waals surface area contributed by atoms with Crippen molar-refractivity contribution in [2.45, 2.75) is 57.7 Å². The Labute approximate surface area is 207 Å². The monoisotopic (exact) mass is 480 g/mol. The van der Waals surface area contributed by atoms with Crippen LogP contribution in [0.1, 0.15) is 57.6 Å². The first-order valence-electron chi connectivity index (χ1n) is 12.3. The van der Waals surface area contributed by atoms with Crippen molar-refractivity contribution in [1.29, 1.82) is 0 Å². The molecule has 2 aromatic carbocycles. The number of fused-ring (bicyclic) bond motifs is 3. The average Bonchev–Trinajstić information content (AvgIpc) is 3.14. The number of alkyl carbamates (subject to hydrolysis) is 1. The highest BCUT2D eigenvalue weighted by Gasteiger charge is 2.37. The van der Waals surface area contributed by atoms with Crippen LogP contribution in [-0.4, -0.2) is 59.6 Å². The van der Waals surface area contributed by atoms with Gasteiger partial charge in [-0.2, -0.15) is 0 Å². The molecule has 0 radical (unpaired) electrons. The highest BCUT2D eigenvalue weighted by molar-refractivity contribution is 5.79. The van der Waals surface area contributed by atoms with E-state index in [0.29, 0.717) is 25.9 Å². The van der Waals surface area contributed by atoms with Gasteiger partial charge in [-0.15, -0.1) is 0 Å². The third-order valence-corrected chi connectivity index (χ3v) is 6.96. The third kappa shape index (κ3) is 5.78. The zero-order chi connectivity index (χ0) is 25.2. The summed E-state index contributed by atoms with van der Waals surface area (Å²) in [6, 6.07) is 16.4. The normalized spacial score (nSPS) is 17.8. The lowest BCUT2D eigenvalue weighted by atomic mass is 9.81. The second-order valence-electron chi connectivity index (χ2n) is 10.8. The molecule has 188 valence electrons. The lowest BCUT2D eigenvalue weighted by Crippen LogP contribution is -2.51. The van der Waals surface area contributed by atoms with Crippen molar-refractivity contribution in [2.24, 2.45) is 5.92 Å². The molecule has 7 nitrogen and oxygen atoms in total. The van der Waals surface area contributed by atoms with Crippen LogP contribution in [-0.2, 0) is 9.47 Å². The first-order chi connectivity index (χ1) is 16.5. The van der Waals surface area contributed by atoms with Crippen molar-refractivity contribution in [1.82, 2.24) is 10.2 Å². The quantitative estimate of drug-likeness (QED) is 0.634. The molecule has 0 aromatic heterocycles. The number of carbonyl (C=O) groups is 2. The number of aliphatic hydroxyl groups is 1. The summed E-state index contributed by atoms with van der Waals surface area (Å²) in [5.74, 6) is -0.0547. The molecule has 1 unspecified atom stereocenters. The Balaban J connectivity index is 1.27. The van der Waals surface area contributed by atoms with Crippen LogP contribution in [0.3, 0.4) is 0 Å². The number of hydrogen-bond acceptors (Lipinski definition) is 5. The minimum atomic E-state index is -1.11. The lowest BCUT2D eigenvalue weighted by molar-refractivity contribution is -0.0328. The molecule has 1 heterocycles. The lowest BCUT2D eigenvalue weighted by Gasteiger charge is -2.39. The summed E-state index contributed by atoms with van der Waals surface area (Å²) in [6.45, 7) is 8.61. The summed E-state index contributed by atoms with van der Waals surface area (Å²) in [5, 5.41) is 13.8. The van der Waals surface area contributed by atoms with E-state index >= 15 is 0 Å². The van der Waals surface area contributed by atoms with Gasteiger partial charge >= 0.3 is 12.2 Å². The maximum atomic E-state index is 12.5. The van der Waals surface area contributed by atoms with Crippen LogP contribution in [0.25, 0.3) is 11.1 Å². The molecule has 1 aliphatic carbocycles. The second kappa shape index (κ2) is 9.90. The van der Waals surface area contributed by atoms with Crippen molar-refractivity contribution in [3.8, 4) is 11.1 Å². The van der Waals surface area contributed by atoms with Crippen molar-refractivity contribution < 1.29 is 24.2 Å². The fraction of sp³-hybridized carbons (Fsp3) is 0.500. The largest absolute Gasteiger partial charge is 0.449 e. The SMILES string of the molecule is CC(C)(C)OC(=O)N1CCC(C(C)(O)CNC(=O)OCC2c3ccccc3-c3ccccc32)CC1. The zero-order valence-corrected chi connectivity index (χ0v) is 21.0. The summed E-state index contributed by atoms with van der Waals surface area (Å²) in [7, 11) is 0. The van der Waals surface area contributed by atoms with Gasteiger partial charge < -0.3 is 24.8 Å². The molecule has 0 bridgehead atoms. The molecule has 2 aliphatic rings. The molecule has 4 rings (SSSR count). The van der Waals surface area contributed by atoms with Gasteiger partial charge in [-0.3, -0.25) is 0 Å². The number of ether oxygens (including phenoxy) is 2. The number of hydrogen-bond donors (Lipinski definition) is 2. The van der Waals surface area contributed by atoms with E-state index in [-0.39, 0.29) is 31.1 Å². The Kier molecular flexibility index (Phi) is 7.08. The summed E-state index contributed by atoms with van der Waals surface area (Å²) in [6.07, 6.45) is 0.405. The Morgan fingerprint density at radius 2 is 1.51 bits per heavy atom. The van der Waals surface area contributed by atoms with Gasteiger partial charge in [0, 0.05) is 25.6 Å². The minimum Gasteiger partial charge on any atom is -0.449 e. The van der Waals surface area contributed by atoms with Gasteiger partial charge in [0.05, 0.1) is 5.60 Å². The fourth-order valence-electron chi connectivity index (χ4n) is 5.06. The highest BCUT2D eigenvalue weighted by atomic mass is 16.6. The third-order valence-electron chi connectivity index (χ3n) is 6.96. The molecule has 35 heavy (non-hydrogen) atoms. The van der Waals surface area contributed by atoms with Crippen molar-refractivity contribution >= 4 is 12.2 Å². The van der Waals surface area contributed by atoms with Crippen LogP contribution in [0.2, 0.25) is 0 Å². The molecule has 2 amide bonds. The highest BCUT2D eigenvalue weighted by Crippen LogP contribution is 2.44. The summed E-state index contributed by atoms with van der Waals surface area (Å²) < 4.78 is 11.0. The van der Waals surface area contributed by atoms with Crippen LogP contribution >= 0.6 is 0 Å². The number of nitrogens with zero attached hydrogens (tertiary/aromatic N) is 1. The fourth-order valence-corrected chi connectivity index (χ4v) is 5.06. The Morgan fingerprint density at radius 3 is 2.06 bits per heavy atom. The Morgan fingerprint density at radius 1 is 0.971 bits per heavy atom. The predicted octanol–water partition coefficient (Wildman–Crippen LogP) is 4.92. The van der Waals surface area contributed by atoms with Crippen molar-refractivity contribution in [3.63, 3.8) is 0 Å². The number of amides is 2. The van der Waals surface area contributed by atoms with E-state index in [1.807, 2.05) is 45.0 Å². The number of rotatable bonds is 5. The maximum absolute atomic E-state index is 12.5. The van der Waals surface area contributed by atoms with E-state index in [0.717, 1.165) is 11.1 Å². The molecular formula is C28H36N2O5. The molecule has 1 saturated heterocycles. The van der Waals surface area contributed by atoms with Crippen LogP contribution in [0.4, 0.5) is 9.59 Å². The summed E-state index contributed by atoms with van der Waals surface area (Å²) >= 11 is 0. The van der Waals surface area contributed by atoms with Gasteiger partial charge in [-0.05, 0) is 68.7 Å². The zero-order valence-electron chi connectivity index (χ0n) is 21.0. The van der Waals surface area contributed by atoms with E-state index < -0.39 is 17.3 Å². The van der Waals surface area contributed by atoms with E-state index in [2.05, 4.69) is 29.6 Å². The maximum Gasteiger partial charge on any atom is 0.410 e. The molecule has 2 aromatic rings. The second-order valence-corrected chi connectivity index (χ2v) is 10.8. The number of piperidine rings is 1. The number of benzene rings is 2. The van der Waals surface area contributed by atoms with Gasteiger partial charge in [-0.1, -0.05) is 48.5 Å². The number of likely N-dealkylation sites (tertiary alicyclic amines) is 1. The van der Waals surface area contributed by atoms with Crippen LogP contribution in [0, 0.1) is 5.92 Å². The molecule has 7 heteroatoms. The van der Waals surface area contributed by atoms with Gasteiger partial charge in [0.15, 0.2) is 0 Å². The Hall–Kier alpha value is -3.06. The van der Waals surface area contributed by atoms with Gasteiger partial charge in [0.2, 0.25) is 0 Å². The smallest absolute Gasteiger partial charge is 0.410 e. The topological polar surface area (TPSA) is 88.1 Å². The molecule has 2 N–H and O–H groups in total. The first kappa shape index (κ1) is 25.0. The predicted molar refractivity (Wildman–Crippen MR) is 134 cm³/mol. The van der Waals surface area contributed by atoms with Gasteiger partial charge in [-0.25, -0.2) is 9.59 Å². The summed E-state index contributed by atoms with van der Waals surface area (Å²) in [4.78, 5) is 26.5. The molecule has 1 aliphatic heterocycles. The Bertz CT molecular complexity index is 1020. The standard InChI is InChI=1S/C28H36N2O5/c1-27(2,3)35-26(32)30-15-13-19(14-16-30)28(4,33)18-29-25(31)34-17-24-22-11-7-5-9-20(22)21-10-6-8-12-23(21)24/h5-12,19,24,33H,13-18H2,1-4H3,(H,29,31). The van der Waals surface area contributed by atoms with Crippen molar-refractivity contribution in [3.05, 3.63) is 59.7 Å². The van der Waals surface area contributed by atoms with Crippen LogP contribution in [0.15, 0.2) is 48.5 Å². The number of carbonyl (C=O) groups excluding carboxylic acids is 2.